The van der Waals surface area contributed by atoms with Gasteiger partial charge >= 0.3 is 5.82 Å². The third-order valence-electron chi connectivity index (χ3n) is 3.07. The van der Waals surface area contributed by atoms with Gasteiger partial charge in [0.2, 0.25) is 11.6 Å². The first kappa shape index (κ1) is 15.9. The largest absolute Gasteiger partial charge is 0.477 e. The fourth-order valence-corrected chi connectivity index (χ4v) is 2.06. The van der Waals surface area contributed by atoms with Crippen LogP contribution < -0.4 is 4.74 Å². The lowest BCUT2D eigenvalue weighted by atomic mass is 10.2. The number of rotatable bonds is 5. The van der Waals surface area contributed by atoms with Crippen molar-refractivity contribution in [2.45, 2.75) is 13.5 Å². The van der Waals surface area contributed by atoms with Gasteiger partial charge in [0.05, 0.1) is 0 Å². The molecule has 2 aromatic heterocycles. The Labute approximate surface area is 141 Å². The number of aryl methyl sites for hydroxylation is 1. The molecule has 0 unspecified atom stereocenters. The average molecular weight is 347 g/mol. The molecule has 0 bridgehead atoms. The summed E-state index contributed by atoms with van der Waals surface area (Å²) in [5, 5.41) is 15.4. The molecule has 0 N–H and O–H groups in total. The summed E-state index contributed by atoms with van der Waals surface area (Å²) >= 11 is 5.83. The van der Waals surface area contributed by atoms with Gasteiger partial charge in [0.25, 0.3) is 5.89 Å². The van der Waals surface area contributed by atoms with Crippen LogP contribution in [0.5, 0.6) is 5.75 Å². The molecule has 9 heteroatoms. The first-order chi connectivity index (χ1) is 11.5. The molecule has 3 aromatic rings. The molecule has 0 saturated heterocycles. The van der Waals surface area contributed by atoms with Gasteiger partial charge in [0.1, 0.15) is 5.69 Å². The van der Waals surface area contributed by atoms with Gasteiger partial charge in [-0.3, -0.25) is 0 Å². The molecule has 3 rings (SSSR count). The van der Waals surface area contributed by atoms with Gasteiger partial charge in [-0.15, -0.1) is 0 Å². The highest BCUT2D eigenvalue weighted by molar-refractivity contribution is 6.30. The standard InChI is InChI=1S/C15H11ClN4O4/c1-9-2-7-12(14(17-9)20(21)22)23-8-13-18-15(24-19-13)10-3-5-11(16)6-4-10/h2-7H,8H2,1H3. The molecule has 0 radical (unpaired) electrons. The number of aromatic nitrogens is 3. The zero-order chi connectivity index (χ0) is 17.1. The maximum absolute atomic E-state index is 11.0. The van der Waals surface area contributed by atoms with Crippen molar-refractivity contribution in [2.75, 3.05) is 0 Å². The lowest BCUT2D eigenvalue weighted by molar-refractivity contribution is -0.390. The molecule has 0 spiro atoms. The van der Waals surface area contributed by atoms with Crippen molar-refractivity contribution < 1.29 is 14.2 Å². The Morgan fingerprint density at radius 3 is 2.67 bits per heavy atom. The van der Waals surface area contributed by atoms with E-state index in [0.717, 1.165) is 0 Å². The Bertz CT molecular complexity index is 879. The molecule has 0 fully saturated rings. The third-order valence-corrected chi connectivity index (χ3v) is 3.32. The Morgan fingerprint density at radius 1 is 1.21 bits per heavy atom. The molecule has 0 aliphatic heterocycles. The van der Waals surface area contributed by atoms with E-state index < -0.39 is 4.92 Å². The molecule has 1 aromatic carbocycles. The normalized spacial score (nSPS) is 10.6. The minimum atomic E-state index is -0.600. The van der Waals surface area contributed by atoms with Crippen molar-refractivity contribution >= 4 is 17.4 Å². The highest BCUT2D eigenvalue weighted by Gasteiger charge is 2.18. The second kappa shape index (κ2) is 6.63. The van der Waals surface area contributed by atoms with Crippen LogP contribution in [0.1, 0.15) is 11.5 Å². The first-order valence-electron chi connectivity index (χ1n) is 6.86. The van der Waals surface area contributed by atoms with Crippen LogP contribution in [0.2, 0.25) is 5.02 Å². The number of benzene rings is 1. The Balaban J connectivity index is 1.74. The van der Waals surface area contributed by atoms with Gasteiger partial charge in [-0.05, 0) is 46.3 Å². The van der Waals surface area contributed by atoms with E-state index in [0.29, 0.717) is 22.2 Å². The SMILES string of the molecule is Cc1ccc(OCc2noc(-c3ccc(Cl)cc3)n2)c([N+](=O)[O-])n1. The Hall–Kier alpha value is -3.00. The minimum absolute atomic E-state index is 0.0449. The summed E-state index contributed by atoms with van der Waals surface area (Å²) in [6.45, 7) is 1.58. The summed E-state index contributed by atoms with van der Waals surface area (Å²) in [4.78, 5) is 18.4. The molecular weight excluding hydrogens is 336 g/mol. The van der Waals surface area contributed by atoms with Gasteiger partial charge < -0.3 is 19.4 Å². The monoisotopic (exact) mass is 346 g/mol. The fourth-order valence-electron chi connectivity index (χ4n) is 1.94. The predicted molar refractivity (Wildman–Crippen MR) is 84.7 cm³/mol. The summed E-state index contributed by atoms with van der Waals surface area (Å²) in [6.07, 6.45) is 0. The summed E-state index contributed by atoms with van der Waals surface area (Å²) in [6, 6.07) is 10.0. The highest BCUT2D eigenvalue weighted by atomic mass is 35.5. The smallest absolute Gasteiger partial charge is 0.406 e. The maximum Gasteiger partial charge on any atom is 0.406 e. The maximum atomic E-state index is 11.0. The quantitative estimate of drug-likeness (QED) is 0.513. The highest BCUT2D eigenvalue weighted by Crippen LogP contribution is 2.25. The molecule has 122 valence electrons. The van der Waals surface area contributed by atoms with E-state index in [-0.39, 0.29) is 24.0 Å². The number of halogens is 1. The van der Waals surface area contributed by atoms with Crippen molar-refractivity contribution in [3.63, 3.8) is 0 Å². The van der Waals surface area contributed by atoms with Crippen LogP contribution in [0.4, 0.5) is 5.82 Å². The lowest BCUT2D eigenvalue weighted by Gasteiger charge is -2.03. The van der Waals surface area contributed by atoms with E-state index in [1.807, 2.05) is 0 Å². The van der Waals surface area contributed by atoms with Crippen LogP contribution in [-0.2, 0) is 6.61 Å². The predicted octanol–water partition coefficient (Wildman–Crippen LogP) is 3.58. The molecule has 0 amide bonds. The van der Waals surface area contributed by atoms with Crippen molar-refractivity contribution in [1.29, 1.82) is 0 Å². The molecule has 0 aliphatic rings. The van der Waals surface area contributed by atoms with Crippen molar-refractivity contribution in [3.05, 3.63) is 63.1 Å². The van der Waals surface area contributed by atoms with Gasteiger partial charge in [0, 0.05) is 17.5 Å². The zero-order valence-electron chi connectivity index (χ0n) is 12.5. The summed E-state index contributed by atoms with van der Waals surface area (Å²) in [5.74, 6) is 0.261. The van der Waals surface area contributed by atoms with Crippen molar-refractivity contribution in [1.82, 2.24) is 15.1 Å². The molecule has 0 saturated carbocycles. The second-order valence-electron chi connectivity index (χ2n) is 4.84. The summed E-state index contributed by atoms with van der Waals surface area (Å²) < 4.78 is 10.5. The van der Waals surface area contributed by atoms with E-state index in [4.69, 9.17) is 20.9 Å². The third kappa shape index (κ3) is 3.49. The summed E-state index contributed by atoms with van der Waals surface area (Å²) in [5.41, 5.74) is 1.24. The van der Waals surface area contributed by atoms with Crippen LogP contribution in [0.15, 0.2) is 40.9 Å². The van der Waals surface area contributed by atoms with Crippen LogP contribution in [0.3, 0.4) is 0 Å². The number of ether oxygens (including phenoxy) is 1. The van der Waals surface area contributed by atoms with E-state index in [9.17, 15) is 10.1 Å². The zero-order valence-corrected chi connectivity index (χ0v) is 13.2. The average Bonchev–Trinajstić information content (AvgIpc) is 3.03. The van der Waals surface area contributed by atoms with Crippen molar-refractivity contribution in [3.8, 4) is 17.2 Å². The van der Waals surface area contributed by atoms with Gasteiger partial charge in [-0.1, -0.05) is 16.8 Å². The van der Waals surface area contributed by atoms with Gasteiger partial charge in [-0.2, -0.15) is 4.98 Å². The number of nitro groups is 1. The van der Waals surface area contributed by atoms with E-state index in [2.05, 4.69) is 15.1 Å². The summed E-state index contributed by atoms with van der Waals surface area (Å²) in [7, 11) is 0. The minimum Gasteiger partial charge on any atom is -0.477 e. The van der Waals surface area contributed by atoms with E-state index in [1.165, 1.54) is 6.07 Å². The second-order valence-corrected chi connectivity index (χ2v) is 5.28. The first-order valence-corrected chi connectivity index (χ1v) is 7.24. The molecule has 0 atom stereocenters. The van der Waals surface area contributed by atoms with E-state index >= 15 is 0 Å². The van der Waals surface area contributed by atoms with Gasteiger partial charge in [0.15, 0.2) is 6.61 Å². The number of nitrogens with zero attached hydrogens (tertiary/aromatic N) is 4. The van der Waals surface area contributed by atoms with Crippen molar-refractivity contribution in [2.24, 2.45) is 0 Å². The topological polar surface area (TPSA) is 104 Å². The van der Waals surface area contributed by atoms with Crippen LogP contribution >= 0.6 is 11.6 Å². The fraction of sp³-hybridized carbons (Fsp3) is 0.133. The number of hydrogen-bond donors (Lipinski definition) is 0. The molecule has 2 heterocycles. The molecule has 24 heavy (non-hydrogen) atoms. The van der Waals surface area contributed by atoms with E-state index in [1.54, 1.807) is 37.3 Å². The molecular formula is C15H11ClN4O4. The van der Waals surface area contributed by atoms with Gasteiger partial charge in [-0.25, -0.2) is 0 Å². The number of pyridine rings is 1. The number of hydrogen-bond acceptors (Lipinski definition) is 7. The molecule has 8 nitrogen and oxygen atoms in total. The Morgan fingerprint density at radius 2 is 1.96 bits per heavy atom. The molecule has 0 aliphatic carbocycles. The van der Waals surface area contributed by atoms with Crippen LogP contribution in [0, 0.1) is 17.0 Å². The van der Waals surface area contributed by atoms with Crippen LogP contribution in [0.25, 0.3) is 11.5 Å². The Kier molecular flexibility index (Phi) is 4.39. The van der Waals surface area contributed by atoms with Crippen LogP contribution in [-0.4, -0.2) is 20.0 Å². The lowest BCUT2D eigenvalue weighted by Crippen LogP contribution is -2.02.